The molecule has 0 amide bonds. The van der Waals surface area contributed by atoms with E-state index in [0.717, 1.165) is 55.1 Å². The lowest BCUT2D eigenvalue weighted by atomic mass is 10.1. The Balaban J connectivity index is 1.75. The topological polar surface area (TPSA) is 67.0 Å². The SMILES string of the molecule is CCn1c(SCc2ccccc2C#N)nnc1N1CCOCC1. The Hall–Kier alpha value is -2.04. The zero-order chi connectivity index (χ0) is 16.1. The zero-order valence-electron chi connectivity index (χ0n) is 13.1. The summed E-state index contributed by atoms with van der Waals surface area (Å²) in [5.41, 5.74) is 1.74. The number of ether oxygens (including phenoxy) is 1. The summed E-state index contributed by atoms with van der Waals surface area (Å²) >= 11 is 1.62. The third kappa shape index (κ3) is 3.49. The normalized spacial score (nSPS) is 14.7. The predicted octanol–water partition coefficient (Wildman–Crippen LogP) is 2.30. The maximum atomic E-state index is 9.18. The van der Waals surface area contributed by atoms with E-state index in [1.54, 1.807) is 11.8 Å². The zero-order valence-corrected chi connectivity index (χ0v) is 13.9. The fourth-order valence-corrected chi connectivity index (χ4v) is 3.56. The number of nitriles is 1. The summed E-state index contributed by atoms with van der Waals surface area (Å²) in [5.74, 6) is 1.62. The molecule has 1 aromatic carbocycles. The van der Waals surface area contributed by atoms with Gasteiger partial charge in [-0.1, -0.05) is 30.0 Å². The number of benzene rings is 1. The molecule has 0 saturated carbocycles. The lowest BCUT2D eigenvalue weighted by Crippen LogP contribution is -2.38. The minimum atomic E-state index is 0.713. The second-order valence-corrected chi connectivity index (χ2v) is 6.13. The van der Waals surface area contributed by atoms with Crippen LogP contribution in [0.25, 0.3) is 0 Å². The van der Waals surface area contributed by atoms with Crippen molar-refractivity contribution in [2.45, 2.75) is 24.4 Å². The molecule has 6 nitrogen and oxygen atoms in total. The van der Waals surface area contributed by atoms with Gasteiger partial charge in [0.15, 0.2) is 5.16 Å². The molecular formula is C16H19N5OS. The van der Waals surface area contributed by atoms with Crippen molar-refractivity contribution in [1.29, 1.82) is 5.26 Å². The van der Waals surface area contributed by atoms with Gasteiger partial charge in [-0.2, -0.15) is 5.26 Å². The Morgan fingerprint density at radius 1 is 1.26 bits per heavy atom. The summed E-state index contributed by atoms with van der Waals surface area (Å²) in [6.07, 6.45) is 0. The van der Waals surface area contributed by atoms with E-state index in [1.807, 2.05) is 24.3 Å². The molecule has 120 valence electrons. The average Bonchev–Trinajstić information content (AvgIpc) is 3.03. The van der Waals surface area contributed by atoms with Crippen molar-refractivity contribution >= 4 is 17.7 Å². The number of anilines is 1. The van der Waals surface area contributed by atoms with Crippen molar-refractivity contribution in [2.24, 2.45) is 0 Å². The molecule has 1 fully saturated rings. The molecule has 0 aliphatic carbocycles. The highest BCUT2D eigenvalue weighted by Crippen LogP contribution is 2.26. The fraction of sp³-hybridized carbons (Fsp3) is 0.438. The van der Waals surface area contributed by atoms with E-state index in [1.165, 1.54) is 0 Å². The van der Waals surface area contributed by atoms with E-state index in [9.17, 15) is 5.26 Å². The molecule has 0 spiro atoms. The monoisotopic (exact) mass is 329 g/mol. The van der Waals surface area contributed by atoms with E-state index in [-0.39, 0.29) is 0 Å². The summed E-state index contributed by atoms with van der Waals surface area (Å²) in [6.45, 7) is 6.08. The summed E-state index contributed by atoms with van der Waals surface area (Å²) < 4.78 is 7.53. The third-order valence-electron chi connectivity index (χ3n) is 3.80. The van der Waals surface area contributed by atoms with Crippen LogP contribution >= 0.6 is 11.8 Å². The van der Waals surface area contributed by atoms with Crippen LogP contribution in [0.3, 0.4) is 0 Å². The molecule has 7 heteroatoms. The Morgan fingerprint density at radius 3 is 2.78 bits per heavy atom. The maximum Gasteiger partial charge on any atom is 0.228 e. The quantitative estimate of drug-likeness (QED) is 0.784. The standard InChI is InChI=1S/C16H19N5OS/c1-2-21-15(20-7-9-22-10-8-20)18-19-16(21)23-12-14-6-4-3-5-13(14)11-17/h3-6H,2,7-10,12H2,1H3. The molecule has 2 aromatic rings. The number of nitrogens with zero attached hydrogens (tertiary/aromatic N) is 5. The Bertz CT molecular complexity index is 703. The molecule has 1 saturated heterocycles. The minimum absolute atomic E-state index is 0.713. The highest BCUT2D eigenvalue weighted by Gasteiger charge is 2.19. The van der Waals surface area contributed by atoms with E-state index >= 15 is 0 Å². The average molecular weight is 329 g/mol. The van der Waals surface area contributed by atoms with E-state index in [2.05, 4.69) is 32.7 Å². The highest BCUT2D eigenvalue weighted by atomic mass is 32.2. The summed E-state index contributed by atoms with van der Waals surface area (Å²) in [6, 6.07) is 9.92. The first-order chi connectivity index (χ1) is 11.3. The number of rotatable bonds is 5. The molecule has 3 rings (SSSR count). The van der Waals surface area contributed by atoms with Gasteiger partial charge in [0.05, 0.1) is 24.8 Å². The van der Waals surface area contributed by atoms with Crippen molar-refractivity contribution in [3.05, 3.63) is 35.4 Å². The first-order valence-corrected chi connectivity index (χ1v) is 8.68. The number of hydrogen-bond acceptors (Lipinski definition) is 6. The molecule has 0 N–H and O–H groups in total. The molecule has 1 aromatic heterocycles. The van der Waals surface area contributed by atoms with Gasteiger partial charge in [0, 0.05) is 25.4 Å². The third-order valence-corrected chi connectivity index (χ3v) is 4.82. The van der Waals surface area contributed by atoms with Crippen LogP contribution in [-0.4, -0.2) is 41.1 Å². The van der Waals surface area contributed by atoms with Crippen LogP contribution in [0, 0.1) is 11.3 Å². The largest absolute Gasteiger partial charge is 0.378 e. The Kier molecular flexibility index (Phi) is 5.16. The molecule has 23 heavy (non-hydrogen) atoms. The van der Waals surface area contributed by atoms with Crippen molar-refractivity contribution in [2.75, 3.05) is 31.2 Å². The molecular weight excluding hydrogens is 310 g/mol. The maximum absolute atomic E-state index is 9.18. The van der Waals surface area contributed by atoms with Gasteiger partial charge in [0.1, 0.15) is 0 Å². The van der Waals surface area contributed by atoms with Gasteiger partial charge in [0.2, 0.25) is 5.95 Å². The van der Waals surface area contributed by atoms with Crippen molar-refractivity contribution in [3.8, 4) is 6.07 Å². The van der Waals surface area contributed by atoms with Gasteiger partial charge in [-0.05, 0) is 18.6 Å². The molecule has 0 radical (unpaired) electrons. The minimum Gasteiger partial charge on any atom is -0.378 e. The molecule has 0 atom stereocenters. The van der Waals surface area contributed by atoms with Crippen LogP contribution in [0.2, 0.25) is 0 Å². The van der Waals surface area contributed by atoms with Gasteiger partial charge in [0.25, 0.3) is 0 Å². The lowest BCUT2D eigenvalue weighted by molar-refractivity contribution is 0.121. The van der Waals surface area contributed by atoms with Crippen LogP contribution in [0.5, 0.6) is 0 Å². The van der Waals surface area contributed by atoms with Crippen LogP contribution in [0.1, 0.15) is 18.1 Å². The summed E-state index contributed by atoms with van der Waals surface area (Å²) in [4.78, 5) is 2.22. The lowest BCUT2D eigenvalue weighted by Gasteiger charge is -2.27. The number of hydrogen-bond donors (Lipinski definition) is 0. The Labute approximate surface area is 140 Å². The van der Waals surface area contributed by atoms with Gasteiger partial charge in [-0.15, -0.1) is 10.2 Å². The molecule has 2 heterocycles. The second-order valence-electron chi connectivity index (χ2n) is 5.18. The van der Waals surface area contributed by atoms with Crippen molar-refractivity contribution in [3.63, 3.8) is 0 Å². The smallest absolute Gasteiger partial charge is 0.228 e. The summed E-state index contributed by atoms with van der Waals surface area (Å²) in [7, 11) is 0. The second kappa shape index (κ2) is 7.49. The number of thioether (sulfide) groups is 1. The van der Waals surface area contributed by atoms with Crippen LogP contribution in [-0.2, 0) is 17.0 Å². The van der Waals surface area contributed by atoms with E-state index in [0.29, 0.717) is 5.75 Å². The highest BCUT2D eigenvalue weighted by molar-refractivity contribution is 7.98. The fourth-order valence-electron chi connectivity index (χ4n) is 2.56. The van der Waals surface area contributed by atoms with E-state index in [4.69, 9.17) is 4.74 Å². The van der Waals surface area contributed by atoms with Gasteiger partial charge >= 0.3 is 0 Å². The number of aromatic nitrogens is 3. The number of morpholine rings is 1. The molecule has 1 aliphatic heterocycles. The van der Waals surface area contributed by atoms with Crippen molar-refractivity contribution < 1.29 is 4.74 Å². The molecule has 0 bridgehead atoms. The predicted molar refractivity (Wildman–Crippen MR) is 89.4 cm³/mol. The van der Waals surface area contributed by atoms with E-state index < -0.39 is 0 Å². The molecule has 0 unspecified atom stereocenters. The van der Waals surface area contributed by atoms with Crippen LogP contribution in [0.4, 0.5) is 5.95 Å². The summed E-state index contributed by atoms with van der Waals surface area (Å²) in [5, 5.41) is 18.8. The van der Waals surface area contributed by atoms with Crippen LogP contribution < -0.4 is 4.90 Å². The first-order valence-electron chi connectivity index (χ1n) is 7.70. The van der Waals surface area contributed by atoms with Crippen LogP contribution in [0.15, 0.2) is 29.4 Å². The van der Waals surface area contributed by atoms with Gasteiger partial charge < -0.3 is 9.64 Å². The Morgan fingerprint density at radius 2 is 2.04 bits per heavy atom. The van der Waals surface area contributed by atoms with Gasteiger partial charge in [-0.3, -0.25) is 4.57 Å². The van der Waals surface area contributed by atoms with Crippen molar-refractivity contribution in [1.82, 2.24) is 14.8 Å². The van der Waals surface area contributed by atoms with Gasteiger partial charge in [-0.25, -0.2) is 0 Å². The molecule has 1 aliphatic rings. The first kappa shape index (κ1) is 15.8.